The third-order valence-electron chi connectivity index (χ3n) is 5.58. The second kappa shape index (κ2) is 10.0. The monoisotopic (exact) mass is 427 g/mol. The van der Waals surface area contributed by atoms with Gasteiger partial charge in [0, 0.05) is 5.56 Å². The lowest BCUT2D eigenvalue weighted by atomic mass is 9.96. The maximum absolute atomic E-state index is 13.3. The van der Waals surface area contributed by atoms with Gasteiger partial charge in [-0.1, -0.05) is 81.4 Å². The summed E-state index contributed by atoms with van der Waals surface area (Å²) in [5.41, 5.74) is 1.68. The number of carbonyl (C=O) groups excluding carboxylic acids is 1. The molecule has 2 rings (SSSR count). The zero-order chi connectivity index (χ0) is 22.4. The molecule has 0 unspecified atom stereocenters. The number of hydroxylamine groups is 1. The Bertz CT molecular complexity index is 845. The van der Waals surface area contributed by atoms with Crippen molar-refractivity contribution in [1.82, 2.24) is 0 Å². The van der Waals surface area contributed by atoms with Gasteiger partial charge in [-0.05, 0) is 30.6 Å². The Morgan fingerprint density at radius 2 is 1.53 bits per heavy atom. The zero-order valence-corrected chi connectivity index (χ0v) is 19.8. The number of ether oxygens (including phenoxy) is 1. The average Bonchev–Trinajstić information content (AvgIpc) is 2.68. The highest BCUT2D eigenvalue weighted by Gasteiger charge is 2.43. The molecule has 2 atom stereocenters. The molecule has 0 heterocycles. The maximum atomic E-state index is 13.3. The summed E-state index contributed by atoms with van der Waals surface area (Å²) >= 11 is 0. The smallest absolute Gasteiger partial charge is 0.396 e. The molecule has 6 heteroatoms. The van der Waals surface area contributed by atoms with Gasteiger partial charge in [-0.25, -0.2) is 4.79 Å². The predicted molar refractivity (Wildman–Crippen MR) is 123 cm³/mol. The summed E-state index contributed by atoms with van der Waals surface area (Å²) in [6, 6.07) is 18.4. The summed E-state index contributed by atoms with van der Waals surface area (Å²) in [4.78, 5) is 12.0. The molecule has 0 aliphatic rings. The van der Waals surface area contributed by atoms with Crippen LogP contribution in [0.25, 0.3) is 0 Å². The van der Waals surface area contributed by atoms with Crippen molar-refractivity contribution in [1.29, 1.82) is 0 Å². The molecule has 5 nitrogen and oxygen atoms in total. The molecular formula is C24H33NO4Si. The number of carbonyl (C=O) groups is 1. The van der Waals surface area contributed by atoms with Gasteiger partial charge in [-0.2, -0.15) is 4.74 Å². The van der Waals surface area contributed by atoms with Crippen LogP contribution in [0.1, 0.15) is 51.0 Å². The fourth-order valence-electron chi connectivity index (χ4n) is 2.92. The number of esters is 1. The van der Waals surface area contributed by atoms with E-state index in [1.807, 2.05) is 60.7 Å². The highest BCUT2D eigenvalue weighted by molar-refractivity contribution is 6.74. The first-order valence-electron chi connectivity index (χ1n) is 10.3. The van der Waals surface area contributed by atoms with Crippen LogP contribution >= 0.6 is 0 Å². The minimum Gasteiger partial charge on any atom is -0.623 e. The van der Waals surface area contributed by atoms with E-state index in [4.69, 9.17) is 9.16 Å². The van der Waals surface area contributed by atoms with Crippen LogP contribution in [0.4, 0.5) is 0 Å². The standard InChI is InChI=1S/C24H33NO4Si/c1-7-28-21(26)18-25(27)22(19-14-10-8-11-15-19)23(20-16-12-9-13-17-20)29-30(5,6)24(2,3)4/h8-18,22-23H,7H2,1-6H3/b25-18-/t22-,23+/m1/s1. The number of rotatable bonds is 8. The van der Waals surface area contributed by atoms with Crippen molar-refractivity contribution in [3.63, 3.8) is 0 Å². The first-order valence-corrected chi connectivity index (χ1v) is 13.2. The molecule has 2 aromatic rings. The third-order valence-corrected chi connectivity index (χ3v) is 10.0. The largest absolute Gasteiger partial charge is 0.623 e. The molecular weight excluding hydrogens is 394 g/mol. The molecule has 0 aliphatic heterocycles. The van der Waals surface area contributed by atoms with Crippen LogP contribution < -0.4 is 0 Å². The molecule has 0 aliphatic carbocycles. The summed E-state index contributed by atoms with van der Waals surface area (Å²) in [6.07, 6.45) is 0.434. The predicted octanol–water partition coefficient (Wildman–Crippen LogP) is 5.64. The lowest BCUT2D eigenvalue weighted by molar-refractivity contribution is -0.516. The second-order valence-corrected chi connectivity index (χ2v) is 13.6. The minimum atomic E-state index is -2.24. The average molecular weight is 428 g/mol. The van der Waals surface area contributed by atoms with E-state index in [0.29, 0.717) is 4.74 Å². The third kappa shape index (κ3) is 6.03. The molecule has 0 spiro atoms. The van der Waals surface area contributed by atoms with Gasteiger partial charge >= 0.3 is 5.97 Å². The summed E-state index contributed by atoms with van der Waals surface area (Å²) < 4.78 is 12.4. The molecule has 0 bridgehead atoms. The van der Waals surface area contributed by atoms with Gasteiger partial charge in [0.05, 0.1) is 6.61 Å². The highest BCUT2D eigenvalue weighted by atomic mass is 28.4. The van der Waals surface area contributed by atoms with Gasteiger partial charge in [0.15, 0.2) is 8.32 Å². The Labute approximate surface area is 181 Å². The topological polar surface area (TPSA) is 61.6 Å². The Balaban J connectivity index is 2.62. The second-order valence-electron chi connectivity index (χ2n) is 8.81. The van der Waals surface area contributed by atoms with Gasteiger partial charge < -0.3 is 14.4 Å². The van der Waals surface area contributed by atoms with Gasteiger partial charge in [-0.15, -0.1) is 0 Å². The first kappa shape index (κ1) is 23.8. The summed E-state index contributed by atoms with van der Waals surface area (Å²) in [5.74, 6) is -0.660. The lowest BCUT2D eigenvalue weighted by Gasteiger charge is -2.40. The van der Waals surface area contributed by atoms with Crippen LogP contribution in [0.15, 0.2) is 60.7 Å². The van der Waals surface area contributed by atoms with Crippen LogP contribution in [0.5, 0.6) is 0 Å². The van der Waals surface area contributed by atoms with E-state index in [2.05, 4.69) is 33.9 Å². The molecule has 0 saturated carbocycles. The molecule has 0 saturated heterocycles. The Hall–Kier alpha value is -2.44. The van der Waals surface area contributed by atoms with Crippen molar-refractivity contribution in [3.05, 3.63) is 77.0 Å². The summed E-state index contributed by atoms with van der Waals surface area (Å²) in [6.45, 7) is 12.7. The molecule has 2 aromatic carbocycles. The van der Waals surface area contributed by atoms with E-state index in [1.54, 1.807) is 6.92 Å². The Morgan fingerprint density at radius 3 is 2.00 bits per heavy atom. The van der Waals surface area contributed by atoms with Crippen molar-refractivity contribution < 1.29 is 18.7 Å². The van der Waals surface area contributed by atoms with E-state index in [9.17, 15) is 10.0 Å². The van der Waals surface area contributed by atoms with Gasteiger partial charge in [0.2, 0.25) is 6.04 Å². The molecule has 30 heavy (non-hydrogen) atoms. The number of nitrogens with zero attached hydrogens (tertiary/aromatic N) is 1. The maximum Gasteiger partial charge on any atom is 0.396 e. The van der Waals surface area contributed by atoms with Crippen LogP contribution in [-0.2, 0) is 14.0 Å². The van der Waals surface area contributed by atoms with Crippen molar-refractivity contribution in [2.75, 3.05) is 6.61 Å². The van der Waals surface area contributed by atoms with Crippen molar-refractivity contribution in [2.24, 2.45) is 0 Å². The van der Waals surface area contributed by atoms with Gasteiger partial charge in [0.25, 0.3) is 6.21 Å². The van der Waals surface area contributed by atoms with E-state index >= 15 is 0 Å². The molecule has 0 fully saturated rings. The first-order chi connectivity index (χ1) is 14.1. The molecule has 0 N–H and O–H groups in total. The van der Waals surface area contributed by atoms with Crippen molar-refractivity contribution in [3.8, 4) is 0 Å². The number of benzene rings is 2. The zero-order valence-electron chi connectivity index (χ0n) is 18.8. The van der Waals surface area contributed by atoms with Crippen LogP contribution in [-0.4, -0.2) is 31.8 Å². The van der Waals surface area contributed by atoms with E-state index in [1.165, 1.54) is 0 Å². The normalized spacial score (nSPS) is 14.8. The number of hydrogen-bond acceptors (Lipinski definition) is 4. The van der Waals surface area contributed by atoms with Crippen molar-refractivity contribution in [2.45, 2.75) is 58.0 Å². The SMILES string of the molecule is CCOC(=O)/C=[N+](\[O-])[C@H](c1ccccc1)[C@@H](O[Si](C)(C)C(C)(C)C)c1ccccc1. The van der Waals surface area contributed by atoms with Crippen molar-refractivity contribution >= 4 is 20.5 Å². The summed E-state index contributed by atoms with van der Waals surface area (Å²) in [5, 5.41) is 13.2. The lowest BCUT2D eigenvalue weighted by Crippen LogP contribution is -2.43. The molecule has 0 amide bonds. The van der Waals surface area contributed by atoms with Crippen LogP contribution in [0, 0.1) is 5.21 Å². The summed E-state index contributed by atoms with van der Waals surface area (Å²) in [7, 11) is -2.24. The number of hydrogen-bond donors (Lipinski definition) is 0. The Morgan fingerprint density at radius 1 is 1.03 bits per heavy atom. The fourth-order valence-corrected chi connectivity index (χ4v) is 4.17. The van der Waals surface area contributed by atoms with Gasteiger partial charge in [-0.3, -0.25) is 0 Å². The van der Waals surface area contributed by atoms with Crippen LogP contribution in [0.3, 0.4) is 0 Å². The molecule has 162 valence electrons. The van der Waals surface area contributed by atoms with E-state index in [-0.39, 0.29) is 11.6 Å². The molecule has 0 radical (unpaired) electrons. The fraction of sp³-hybridized carbons (Fsp3) is 0.417. The van der Waals surface area contributed by atoms with Gasteiger partial charge in [0.1, 0.15) is 6.10 Å². The van der Waals surface area contributed by atoms with E-state index in [0.717, 1.165) is 17.3 Å². The molecule has 0 aromatic heterocycles. The minimum absolute atomic E-state index is 0.0418. The Kier molecular flexibility index (Phi) is 7.98. The highest BCUT2D eigenvalue weighted by Crippen LogP contribution is 2.44. The quantitative estimate of drug-likeness (QED) is 0.137. The van der Waals surface area contributed by atoms with E-state index < -0.39 is 26.4 Å². The van der Waals surface area contributed by atoms with Crippen LogP contribution in [0.2, 0.25) is 18.1 Å².